The van der Waals surface area contributed by atoms with Gasteiger partial charge in [-0.25, -0.2) is 4.98 Å². The lowest BCUT2D eigenvalue weighted by Crippen LogP contribution is -2.32. The van der Waals surface area contributed by atoms with Gasteiger partial charge in [0.25, 0.3) is 5.91 Å². The summed E-state index contributed by atoms with van der Waals surface area (Å²) in [5.41, 5.74) is 6.16. The van der Waals surface area contributed by atoms with Gasteiger partial charge in [0.2, 0.25) is 0 Å². The average Bonchev–Trinajstić information content (AvgIpc) is 2.21. The molecule has 4 nitrogen and oxygen atoms in total. The minimum Gasteiger partial charge on any atom is -0.397 e. The van der Waals surface area contributed by atoms with Crippen LogP contribution in [-0.2, 0) is 0 Å². The Balaban J connectivity index is 2.81. The number of hydrogen-bond acceptors (Lipinski definition) is 3. The number of nitrogens with one attached hydrogen (secondary N) is 1. The minimum absolute atomic E-state index is 0.116. The Morgan fingerprint density at radius 3 is 3.12 bits per heavy atom. The topological polar surface area (TPSA) is 68.0 Å². The molecule has 1 unspecified atom stereocenters. The second kappa shape index (κ2) is 5.38. The Morgan fingerprint density at radius 1 is 1.81 bits per heavy atom. The number of hydrogen-bond donors (Lipinski definition) is 2. The van der Waals surface area contributed by atoms with Crippen LogP contribution in [0.4, 0.5) is 5.69 Å². The van der Waals surface area contributed by atoms with Crippen LogP contribution >= 0.6 is 11.6 Å². The number of nitrogen functional groups attached to an aromatic ring is 1. The van der Waals surface area contributed by atoms with E-state index in [2.05, 4.69) is 16.2 Å². The quantitative estimate of drug-likeness (QED) is 0.618. The van der Waals surface area contributed by atoms with Gasteiger partial charge in [0.15, 0.2) is 0 Å². The number of carbonyl (C=O) groups excluding carboxylic acids is 1. The summed E-state index contributed by atoms with van der Waals surface area (Å²) in [6, 6.07) is 1.36. The number of halogens is 1. The van der Waals surface area contributed by atoms with Crippen molar-refractivity contribution in [3.05, 3.63) is 23.0 Å². The van der Waals surface area contributed by atoms with Crippen molar-refractivity contribution in [2.45, 2.75) is 19.4 Å². The van der Waals surface area contributed by atoms with Gasteiger partial charge in [-0.2, -0.15) is 0 Å². The second-order valence-corrected chi connectivity index (χ2v) is 3.75. The van der Waals surface area contributed by atoms with Crippen molar-refractivity contribution in [3.63, 3.8) is 0 Å². The molecule has 0 aliphatic heterocycles. The SMILES string of the molecule is C#CCC(C)NC(=O)c1cc(N)cnc1Cl. The molecular formula is C11H12ClN3O. The molecule has 1 amide bonds. The van der Waals surface area contributed by atoms with E-state index in [9.17, 15) is 4.79 Å². The van der Waals surface area contributed by atoms with Crippen molar-refractivity contribution in [1.29, 1.82) is 0 Å². The first-order valence-electron chi connectivity index (χ1n) is 4.70. The van der Waals surface area contributed by atoms with E-state index >= 15 is 0 Å². The Labute approximate surface area is 99.2 Å². The highest BCUT2D eigenvalue weighted by atomic mass is 35.5. The number of nitrogens with zero attached hydrogens (tertiary/aromatic N) is 1. The van der Waals surface area contributed by atoms with Gasteiger partial charge in [-0.15, -0.1) is 12.3 Å². The van der Waals surface area contributed by atoms with E-state index in [-0.39, 0.29) is 22.7 Å². The molecule has 1 rings (SSSR count). The first-order valence-corrected chi connectivity index (χ1v) is 5.07. The van der Waals surface area contributed by atoms with Crippen LogP contribution in [0.25, 0.3) is 0 Å². The normalized spacial score (nSPS) is 11.6. The van der Waals surface area contributed by atoms with Crippen LogP contribution in [0.2, 0.25) is 5.15 Å². The monoisotopic (exact) mass is 237 g/mol. The average molecular weight is 238 g/mol. The maximum atomic E-state index is 11.7. The minimum atomic E-state index is -0.326. The van der Waals surface area contributed by atoms with Crippen LogP contribution in [0.5, 0.6) is 0 Å². The highest BCUT2D eigenvalue weighted by molar-refractivity contribution is 6.32. The van der Waals surface area contributed by atoms with Crippen LogP contribution in [0.15, 0.2) is 12.3 Å². The van der Waals surface area contributed by atoms with Crippen LogP contribution < -0.4 is 11.1 Å². The van der Waals surface area contributed by atoms with Crippen LogP contribution in [0.1, 0.15) is 23.7 Å². The lowest BCUT2D eigenvalue weighted by molar-refractivity contribution is 0.0940. The fourth-order valence-corrected chi connectivity index (χ4v) is 1.34. The predicted molar refractivity (Wildman–Crippen MR) is 64.0 cm³/mol. The first-order chi connectivity index (χ1) is 7.54. The molecule has 0 aromatic carbocycles. The highest BCUT2D eigenvalue weighted by Crippen LogP contribution is 2.15. The molecule has 1 aromatic rings. The Kier molecular flexibility index (Phi) is 4.15. The van der Waals surface area contributed by atoms with E-state index in [0.717, 1.165) is 0 Å². The summed E-state index contributed by atoms with van der Waals surface area (Å²) in [7, 11) is 0. The standard InChI is InChI=1S/C11H12ClN3O/c1-3-4-7(2)15-11(16)9-5-8(13)6-14-10(9)12/h1,5-7H,4,13H2,2H3,(H,15,16). The number of terminal acetylenes is 1. The zero-order valence-electron chi connectivity index (χ0n) is 8.83. The molecule has 16 heavy (non-hydrogen) atoms. The molecule has 0 radical (unpaired) electrons. The van der Waals surface area contributed by atoms with E-state index in [0.29, 0.717) is 12.1 Å². The maximum absolute atomic E-state index is 11.7. The molecular weight excluding hydrogens is 226 g/mol. The molecule has 5 heteroatoms. The number of rotatable bonds is 3. The molecule has 0 aliphatic carbocycles. The Morgan fingerprint density at radius 2 is 2.50 bits per heavy atom. The van der Waals surface area contributed by atoms with E-state index in [1.54, 1.807) is 0 Å². The molecule has 84 valence electrons. The smallest absolute Gasteiger partial charge is 0.254 e. The number of carbonyl (C=O) groups is 1. The van der Waals surface area contributed by atoms with E-state index in [4.69, 9.17) is 23.8 Å². The fourth-order valence-electron chi connectivity index (χ4n) is 1.15. The van der Waals surface area contributed by atoms with Gasteiger partial charge in [-0.1, -0.05) is 11.6 Å². The molecule has 0 saturated heterocycles. The van der Waals surface area contributed by atoms with Crippen LogP contribution in [0.3, 0.4) is 0 Å². The molecule has 0 saturated carbocycles. The fraction of sp³-hybridized carbons (Fsp3) is 0.273. The molecule has 0 spiro atoms. The molecule has 1 heterocycles. The highest BCUT2D eigenvalue weighted by Gasteiger charge is 2.13. The van der Waals surface area contributed by atoms with Gasteiger partial charge in [0, 0.05) is 12.5 Å². The van der Waals surface area contributed by atoms with Crippen molar-refractivity contribution in [2.75, 3.05) is 5.73 Å². The van der Waals surface area contributed by atoms with E-state index in [1.165, 1.54) is 12.3 Å². The van der Waals surface area contributed by atoms with Gasteiger partial charge in [0.05, 0.1) is 17.4 Å². The lowest BCUT2D eigenvalue weighted by Gasteiger charge is -2.11. The molecule has 3 N–H and O–H groups in total. The van der Waals surface area contributed by atoms with Gasteiger partial charge in [0.1, 0.15) is 5.15 Å². The van der Waals surface area contributed by atoms with E-state index < -0.39 is 0 Å². The Hall–Kier alpha value is -1.73. The molecule has 1 aromatic heterocycles. The Bertz CT molecular complexity index is 439. The third kappa shape index (κ3) is 3.14. The number of nitrogens with two attached hydrogens (primary N) is 1. The van der Waals surface area contributed by atoms with Crippen LogP contribution in [-0.4, -0.2) is 16.9 Å². The zero-order chi connectivity index (χ0) is 12.1. The summed E-state index contributed by atoms with van der Waals surface area (Å²) in [6.07, 6.45) is 6.99. The van der Waals surface area contributed by atoms with Gasteiger partial charge in [-0.05, 0) is 13.0 Å². The second-order valence-electron chi connectivity index (χ2n) is 3.39. The number of aromatic nitrogens is 1. The zero-order valence-corrected chi connectivity index (χ0v) is 9.58. The first kappa shape index (κ1) is 12.3. The van der Waals surface area contributed by atoms with Crippen LogP contribution in [0, 0.1) is 12.3 Å². The van der Waals surface area contributed by atoms with Crippen molar-refractivity contribution < 1.29 is 4.79 Å². The summed E-state index contributed by atoms with van der Waals surface area (Å²) in [5.74, 6) is 2.14. The van der Waals surface area contributed by atoms with Gasteiger partial charge in [-0.3, -0.25) is 4.79 Å². The van der Waals surface area contributed by atoms with Crippen molar-refractivity contribution in [3.8, 4) is 12.3 Å². The third-order valence-corrected chi connectivity index (χ3v) is 2.21. The summed E-state index contributed by atoms with van der Waals surface area (Å²) < 4.78 is 0. The molecule has 1 atom stereocenters. The van der Waals surface area contributed by atoms with Crippen molar-refractivity contribution in [1.82, 2.24) is 10.3 Å². The molecule has 0 bridgehead atoms. The summed E-state index contributed by atoms with van der Waals surface area (Å²) in [6.45, 7) is 1.81. The van der Waals surface area contributed by atoms with E-state index in [1.807, 2.05) is 6.92 Å². The molecule has 0 fully saturated rings. The molecule has 0 aliphatic rings. The summed E-state index contributed by atoms with van der Waals surface area (Å²) in [5, 5.41) is 2.83. The number of anilines is 1. The number of amides is 1. The largest absolute Gasteiger partial charge is 0.397 e. The third-order valence-electron chi connectivity index (χ3n) is 1.91. The lowest BCUT2D eigenvalue weighted by atomic mass is 10.2. The number of pyridine rings is 1. The van der Waals surface area contributed by atoms with Crippen molar-refractivity contribution >= 4 is 23.2 Å². The maximum Gasteiger partial charge on any atom is 0.254 e. The predicted octanol–water partition coefficient (Wildman–Crippen LogP) is 1.46. The van der Waals surface area contributed by atoms with Gasteiger partial charge < -0.3 is 11.1 Å². The van der Waals surface area contributed by atoms with Crippen molar-refractivity contribution in [2.24, 2.45) is 0 Å². The van der Waals surface area contributed by atoms with Gasteiger partial charge >= 0.3 is 0 Å². The summed E-state index contributed by atoms with van der Waals surface area (Å²) in [4.78, 5) is 15.5. The summed E-state index contributed by atoms with van der Waals surface area (Å²) >= 11 is 5.78.